The second-order valence-electron chi connectivity index (χ2n) is 5.36. The van der Waals surface area contributed by atoms with Crippen LogP contribution in [0.25, 0.3) is 0 Å². The molecule has 0 bridgehead atoms. The van der Waals surface area contributed by atoms with Crippen molar-refractivity contribution >= 4 is 10.0 Å². The van der Waals surface area contributed by atoms with Gasteiger partial charge >= 0.3 is 0 Å². The van der Waals surface area contributed by atoms with Gasteiger partial charge in [-0.2, -0.15) is 9.40 Å². The summed E-state index contributed by atoms with van der Waals surface area (Å²) < 4.78 is 28.3. The maximum atomic E-state index is 12.6. The summed E-state index contributed by atoms with van der Waals surface area (Å²) in [6.07, 6.45) is 8.44. The third-order valence-corrected chi connectivity index (χ3v) is 5.83. The molecule has 114 valence electrons. The predicted octanol–water partition coefficient (Wildman–Crippen LogP) is 1.06. The smallest absolute Gasteiger partial charge is 0.246 e. The zero-order chi connectivity index (χ0) is 14.6. The Hall–Kier alpha value is -0.920. The second kappa shape index (κ2) is 6.69. The Labute approximate surface area is 121 Å². The predicted molar refractivity (Wildman–Crippen MR) is 78.0 cm³/mol. The highest BCUT2D eigenvalue weighted by Crippen LogP contribution is 2.26. The Bertz CT molecular complexity index is 520. The molecule has 0 aliphatic heterocycles. The van der Waals surface area contributed by atoms with Gasteiger partial charge in [0.2, 0.25) is 10.0 Å². The molecular formula is C13H24N4O2S. The number of nitrogens with one attached hydrogen (secondary N) is 1. The highest BCUT2D eigenvalue weighted by molar-refractivity contribution is 7.89. The molecule has 1 fully saturated rings. The molecule has 0 aromatic carbocycles. The largest absolute Gasteiger partial charge is 0.318 e. The van der Waals surface area contributed by atoms with E-state index >= 15 is 0 Å². The highest BCUT2D eigenvalue weighted by atomic mass is 32.2. The zero-order valence-electron chi connectivity index (χ0n) is 12.2. The van der Waals surface area contributed by atoms with Crippen molar-refractivity contribution in [3.05, 3.63) is 12.4 Å². The van der Waals surface area contributed by atoms with Gasteiger partial charge in [0.25, 0.3) is 0 Å². The van der Waals surface area contributed by atoms with Crippen LogP contribution in [-0.2, 0) is 16.6 Å². The van der Waals surface area contributed by atoms with Crippen LogP contribution < -0.4 is 5.32 Å². The highest BCUT2D eigenvalue weighted by Gasteiger charge is 2.29. The van der Waals surface area contributed by atoms with Gasteiger partial charge in [-0.1, -0.05) is 19.3 Å². The van der Waals surface area contributed by atoms with Crippen LogP contribution in [0.15, 0.2) is 17.3 Å². The lowest BCUT2D eigenvalue weighted by Crippen LogP contribution is -2.38. The first kappa shape index (κ1) is 15.5. The van der Waals surface area contributed by atoms with Gasteiger partial charge < -0.3 is 5.32 Å². The quantitative estimate of drug-likeness (QED) is 0.853. The lowest BCUT2D eigenvalue weighted by Gasteiger charge is -2.29. The normalized spacial score (nSPS) is 17.8. The minimum absolute atomic E-state index is 0.134. The monoisotopic (exact) mass is 300 g/mol. The molecule has 20 heavy (non-hydrogen) atoms. The Balaban J connectivity index is 2.10. The number of sulfonamides is 1. The molecule has 7 heteroatoms. The van der Waals surface area contributed by atoms with Crippen molar-refractivity contribution in [3.8, 4) is 0 Å². The molecule has 1 aromatic heterocycles. The molecule has 1 saturated carbocycles. The van der Waals surface area contributed by atoms with Gasteiger partial charge in [-0.15, -0.1) is 0 Å². The average Bonchev–Trinajstić information content (AvgIpc) is 2.94. The van der Waals surface area contributed by atoms with E-state index in [9.17, 15) is 8.42 Å². The zero-order valence-corrected chi connectivity index (χ0v) is 13.1. The van der Waals surface area contributed by atoms with Gasteiger partial charge in [-0.25, -0.2) is 8.42 Å². The van der Waals surface area contributed by atoms with E-state index in [1.807, 2.05) is 7.05 Å². The minimum atomic E-state index is -3.41. The van der Waals surface area contributed by atoms with Gasteiger partial charge in [0.15, 0.2) is 0 Å². The summed E-state index contributed by atoms with van der Waals surface area (Å²) in [4.78, 5) is 0.293. The Morgan fingerprint density at radius 2 is 2.10 bits per heavy atom. The maximum absolute atomic E-state index is 12.6. The second-order valence-corrected chi connectivity index (χ2v) is 7.35. The molecule has 0 unspecified atom stereocenters. The molecule has 1 aliphatic rings. The van der Waals surface area contributed by atoms with Crippen molar-refractivity contribution in [1.82, 2.24) is 19.4 Å². The van der Waals surface area contributed by atoms with Crippen LogP contribution in [0, 0.1) is 0 Å². The molecule has 1 aromatic rings. The average molecular weight is 300 g/mol. The van der Waals surface area contributed by atoms with Crippen molar-refractivity contribution in [3.63, 3.8) is 0 Å². The number of hydrogen-bond donors (Lipinski definition) is 1. The van der Waals surface area contributed by atoms with Gasteiger partial charge in [-0.3, -0.25) is 4.68 Å². The third kappa shape index (κ3) is 3.39. The number of likely N-dealkylation sites (N-methyl/N-ethyl adjacent to an activating group) is 1. The standard InChI is InChI=1S/C13H24N4O2S/c1-14-8-9-17-11-13(10-15-17)20(18,19)16(2)12-6-4-3-5-7-12/h10-12,14H,3-9H2,1-2H3. The van der Waals surface area contributed by atoms with Crippen LogP contribution in [0.3, 0.4) is 0 Å². The number of hydrogen-bond acceptors (Lipinski definition) is 4. The van der Waals surface area contributed by atoms with E-state index < -0.39 is 10.0 Å². The van der Waals surface area contributed by atoms with E-state index in [0.29, 0.717) is 11.4 Å². The van der Waals surface area contributed by atoms with E-state index in [1.165, 1.54) is 16.9 Å². The SMILES string of the molecule is CNCCn1cc(S(=O)(=O)N(C)C2CCCCC2)cn1. The molecule has 6 nitrogen and oxygen atoms in total. The molecular weight excluding hydrogens is 276 g/mol. The van der Waals surface area contributed by atoms with Crippen LogP contribution in [-0.4, -0.2) is 49.2 Å². The van der Waals surface area contributed by atoms with Crippen molar-refractivity contribution in [2.75, 3.05) is 20.6 Å². The summed E-state index contributed by atoms with van der Waals surface area (Å²) in [6.45, 7) is 1.43. The molecule has 0 atom stereocenters. The van der Waals surface area contributed by atoms with Gasteiger partial charge in [-0.05, 0) is 19.9 Å². The van der Waals surface area contributed by atoms with Crippen LogP contribution in [0.1, 0.15) is 32.1 Å². The summed E-state index contributed by atoms with van der Waals surface area (Å²) in [5.41, 5.74) is 0. The van der Waals surface area contributed by atoms with Gasteiger partial charge in [0.05, 0.1) is 12.7 Å². The fourth-order valence-electron chi connectivity index (χ4n) is 2.63. The van der Waals surface area contributed by atoms with Gasteiger partial charge in [0.1, 0.15) is 4.90 Å². The molecule has 1 N–H and O–H groups in total. The number of nitrogens with zero attached hydrogens (tertiary/aromatic N) is 3. The topological polar surface area (TPSA) is 67.2 Å². The molecule has 0 spiro atoms. The van der Waals surface area contributed by atoms with Gasteiger partial charge in [0, 0.05) is 25.8 Å². The summed E-state index contributed by atoms with van der Waals surface area (Å²) in [6, 6.07) is 0.134. The molecule has 1 aliphatic carbocycles. The first-order valence-corrected chi connectivity index (χ1v) is 8.65. The molecule has 0 amide bonds. The summed E-state index contributed by atoms with van der Waals surface area (Å²) in [5, 5.41) is 7.14. The first-order chi connectivity index (χ1) is 9.55. The van der Waals surface area contributed by atoms with Crippen LogP contribution in [0.2, 0.25) is 0 Å². The fourth-order valence-corrected chi connectivity index (χ4v) is 4.00. The first-order valence-electron chi connectivity index (χ1n) is 7.21. The molecule has 2 rings (SSSR count). The van der Waals surface area contributed by atoms with Crippen molar-refractivity contribution in [2.45, 2.75) is 49.6 Å². The Kier molecular flexibility index (Phi) is 5.17. The molecule has 0 saturated heterocycles. The third-order valence-electron chi connectivity index (χ3n) is 3.97. The van der Waals surface area contributed by atoms with Crippen LogP contribution in [0.4, 0.5) is 0 Å². The lowest BCUT2D eigenvalue weighted by atomic mass is 9.96. The maximum Gasteiger partial charge on any atom is 0.246 e. The van der Waals surface area contributed by atoms with E-state index in [4.69, 9.17) is 0 Å². The molecule has 1 heterocycles. The van der Waals surface area contributed by atoms with E-state index in [1.54, 1.807) is 17.9 Å². The summed E-state index contributed by atoms with van der Waals surface area (Å²) in [5.74, 6) is 0. The number of rotatable bonds is 6. The lowest BCUT2D eigenvalue weighted by molar-refractivity contribution is 0.286. The summed E-state index contributed by atoms with van der Waals surface area (Å²) >= 11 is 0. The molecule has 0 radical (unpaired) electrons. The van der Waals surface area contributed by atoms with Crippen molar-refractivity contribution in [2.24, 2.45) is 0 Å². The van der Waals surface area contributed by atoms with Crippen LogP contribution in [0.5, 0.6) is 0 Å². The van der Waals surface area contributed by atoms with Crippen molar-refractivity contribution in [1.29, 1.82) is 0 Å². The van der Waals surface area contributed by atoms with Crippen LogP contribution >= 0.6 is 0 Å². The summed E-state index contributed by atoms with van der Waals surface area (Å²) in [7, 11) is 0.137. The Morgan fingerprint density at radius 3 is 2.75 bits per heavy atom. The van der Waals surface area contributed by atoms with Crippen molar-refractivity contribution < 1.29 is 8.42 Å². The van der Waals surface area contributed by atoms with E-state index in [0.717, 1.165) is 32.2 Å². The Morgan fingerprint density at radius 1 is 1.40 bits per heavy atom. The van der Waals surface area contributed by atoms with E-state index in [-0.39, 0.29) is 6.04 Å². The minimum Gasteiger partial charge on any atom is -0.318 e. The van der Waals surface area contributed by atoms with E-state index in [2.05, 4.69) is 10.4 Å². The fraction of sp³-hybridized carbons (Fsp3) is 0.769. The number of aromatic nitrogens is 2.